The average molecular weight is 747 g/mol. The first-order valence-electron chi connectivity index (χ1n) is 17.2. The molecule has 0 bridgehead atoms. The molecule has 4 aliphatic rings. The van der Waals surface area contributed by atoms with Crippen molar-refractivity contribution in [1.29, 1.82) is 0 Å². The topological polar surface area (TPSA) is 99.6 Å². The van der Waals surface area contributed by atoms with E-state index in [1.807, 2.05) is 64.4 Å². The molecule has 0 aromatic heterocycles. The molecule has 3 amide bonds. The van der Waals surface area contributed by atoms with Gasteiger partial charge in [-0.05, 0) is 66.4 Å². The fourth-order valence-electron chi connectivity index (χ4n) is 8.84. The van der Waals surface area contributed by atoms with Crippen LogP contribution >= 0.6 is 15.9 Å². The van der Waals surface area contributed by atoms with Crippen molar-refractivity contribution < 1.29 is 29.0 Å². The second kappa shape index (κ2) is 13.0. The van der Waals surface area contributed by atoms with Crippen molar-refractivity contribution in [2.45, 2.75) is 75.5 Å². The number of ether oxygens (including phenoxy) is 2. The standard InChI is InChI=1S/C38H44BrN3O6Si/c1-24-36(49(3,4)30-14-12-29(47-2)13-15-30)33(21-35(45)40-18-5-6-28(40)23-43)48-38(24)31-20-26(39)9-16-32(31)42(37(38)46)22-25-7-10-27(11-8-25)41-19-17-34(41)44/h7-16,20,24,28,33,36,43H,5-6,17-19,21-23H2,1-4H3/t24-,28+,33+,36-,38+/m1/s1. The minimum Gasteiger partial charge on any atom is -0.497 e. The lowest BCUT2D eigenvalue weighted by atomic mass is 9.82. The number of methoxy groups -OCH3 is 1. The Morgan fingerprint density at radius 3 is 2.43 bits per heavy atom. The largest absolute Gasteiger partial charge is 0.497 e. The smallest absolute Gasteiger partial charge is 0.264 e. The number of benzene rings is 3. The van der Waals surface area contributed by atoms with E-state index in [1.54, 1.807) is 12.0 Å². The zero-order valence-electron chi connectivity index (χ0n) is 28.5. The van der Waals surface area contributed by atoms with Crippen LogP contribution in [-0.4, -0.2) is 74.8 Å². The van der Waals surface area contributed by atoms with E-state index in [4.69, 9.17) is 9.47 Å². The number of β-lactam (4-membered cyclic amide) rings is 1. The Balaban J connectivity index is 1.27. The van der Waals surface area contributed by atoms with Crippen LogP contribution in [0.15, 0.2) is 71.2 Å². The fourth-order valence-corrected chi connectivity index (χ4v) is 13.2. The highest BCUT2D eigenvalue weighted by Gasteiger charge is 2.66. The van der Waals surface area contributed by atoms with Crippen molar-refractivity contribution in [2.24, 2.45) is 5.92 Å². The molecule has 11 heteroatoms. The van der Waals surface area contributed by atoms with Gasteiger partial charge in [-0.15, -0.1) is 0 Å². The Morgan fingerprint density at radius 2 is 1.80 bits per heavy atom. The zero-order chi connectivity index (χ0) is 34.7. The fraction of sp³-hybridized carbons (Fsp3) is 0.447. The summed E-state index contributed by atoms with van der Waals surface area (Å²) in [5.41, 5.74) is 2.07. The van der Waals surface area contributed by atoms with Crippen LogP contribution in [-0.2, 0) is 31.3 Å². The molecule has 0 saturated carbocycles. The number of hydrogen-bond donors (Lipinski definition) is 1. The number of carbonyl (C=O) groups is 3. The van der Waals surface area contributed by atoms with Crippen molar-refractivity contribution in [2.75, 3.05) is 36.6 Å². The summed E-state index contributed by atoms with van der Waals surface area (Å²) >= 11 is 3.67. The number of halogens is 1. The summed E-state index contributed by atoms with van der Waals surface area (Å²) in [5.74, 6) is 0.501. The maximum Gasteiger partial charge on any atom is 0.264 e. The summed E-state index contributed by atoms with van der Waals surface area (Å²) in [6.45, 7) is 8.38. The van der Waals surface area contributed by atoms with Gasteiger partial charge >= 0.3 is 0 Å². The number of likely N-dealkylation sites (tertiary alicyclic amines) is 1. The van der Waals surface area contributed by atoms with E-state index in [-0.39, 0.29) is 48.3 Å². The van der Waals surface area contributed by atoms with Crippen LogP contribution in [0.4, 0.5) is 11.4 Å². The van der Waals surface area contributed by atoms with Gasteiger partial charge in [0.05, 0.1) is 52.6 Å². The Hall–Kier alpha value is -3.51. The summed E-state index contributed by atoms with van der Waals surface area (Å²) in [6.07, 6.45) is 1.86. The van der Waals surface area contributed by atoms with E-state index in [0.29, 0.717) is 19.5 Å². The quantitative estimate of drug-likeness (QED) is 0.235. The molecule has 1 spiro atoms. The second-order valence-electron chi connectivity index (χ2n) is 14.4. The predicted octanol–water partition coefficient (Wildman–Crippen LogP) is 5.33. The maximum atomic E-state index is 15.1. The summed E-state index contributed by atoms with van der Waals surface area (Å²) in [7, 11) is -0.775. The number of aliphatic hydroxyl groups excluding tert-OH is 1. The Labute approximate surface area is 297 Å². The van der Waals surface area contributed by atoms with Gasteiger partial charge in [-0.2, -0.15) is 0 Å². The van der Waals surface area contributed by atoms with Gasteiger partial charge in [0, 0.05) is 41.2 Å². The van der Waals surface area contributed by atoms with Crippen molar-refractivity contribution >= 4 is 58.3 Å². The molecule has 4 heterocycles. The van der Waals surface area contributed by atoms with Gasteiger partial charge in [0.2, 0.25) is 11.8 Å². The van der Waals surface area contributed by atoms with E-state index in [0.717, 1.165) is 52.1 Å². The first-order chi connectivity index (χ1) is 23.5. The Morgan fingerprint density at radius 1 is 1.06 bits per heavy atom. The third-order valence-corrected chi connectivity index (χ3v) is 16.4. The maximum absolute atomic E-state index is 15.1. The first kappa shape index (κ1) is 34.0. The molecule has 1 N–H and O–H groups in total. The minimum absolute atomic E-state index is 0.0344. The normalized spacial score (nSPS) is 26.4. The summed E-state index contributed by atoms with van der Waals surface area (Å²) < 4.78 is 13.5. The monoisotopic (exact) mass is 745 g/mol. The van der Waals surface area contributed by atoms with Crippen LogP contribution in [0.1, 0.15) is 43.7 Å². The van der Waals surface area contributed by atoms with Crippen LogP contribution in [0, 0.1) is 5.92 Å². The number of anilines is 2. The van der Waals surface area contributed by atoms with Gasteiger partial charge in [0.15, 0.2) is 5.60 Å². The molecule has 258 valence electrons. The van der Waals surface area contributed by atoms with E-state index < -0.39 is 19.8 Å². The van der Waals surface area contributed by atoms with Crippen molar-refractivity contribution in [3.63, 3.8) is 0 Å². The summed E-state index contributed by atoms with van der Waals surface area (Å²) in [6, 6.07) is 21.8. The molecule has 0 unspecified atom stereocenters. The SMILES string of the molecule is COc1ccc([Si](C)(C)[C@H]2[C@H](CC(=O)N3CCC[C@H]3CO)O[C@@]3(C(=O)N(Cc4ccc(N5CCC5=O)cc4)c4ccc(Br)cc43)[C@@H]2C)cc1. The summed E-state index contributed by atoms with van der Waals surface area (Å²) in [5, 5.41) is 11.2. The molecule has 0 aliphatic carbocycles. The molecular weight excluding hydrogens is 702 g/mol. The first-order valence-corrected chi connectivity index (χ1v) is 21.1. The van der Waals surface area contributed by atoms with Gasteiger partial charge in [0.25, 0.3) is 5.91 Å². The van der Waals surface area contributed by atoms with Crippen molar-refractivity contribution in [1.82, 2.24) is 4.90 Å². The molecule has 3 saturated heterocycles. The highest BCUT2D eigenvalue weighted by molar-refractivity contribution is 9.10. The molecule has 3 aromatic carbocycles. The average Bonchev–Trinajstić information content (AvgIpc) is 3.75. The number of hydrogen-bond acceptors (Lipinski definition) is 6. The number of nitrogens with zero attached hydrogens (tertiary/aromatic N) is 3. The second-order valence-corrected chi connectivity index (χ2v) is 20.0. The zero-order valence-corrected chi connectivity index (χ0v) is 31.1. The highest BCUT2D eigenvalue weighted by Crippen LogP contribution is 2.60. The summed E-state index contributed by atoms with van der Waals surface area (Å²) in [4.78, 5) is 46.5. The lowest BCUT2D eigenvalue weighted by Gasteiger charge is -2.37. The molecule has 3 aromatic rings. The third-order valence-electron chi connectivity index (χ3n) is 11.5. The lowest BCUT2D eigenvalue weighted by Crippen LogP contribution is -2.52. The van der Waals surface area contributed by atoms with Gasteiger partial charge in [-0.25, -0.2) is 0 Å². The minimum atomic E-state index is -2.43. The number of aliphatic hydroxyl groups is 1. The molecule has 5 atom stereocenters. The highest BCUT2D eigenvalue weighted by atomic mass is 79.9. The van der Waals surface area contributed by atoms with Gasteiger partial charge in [-0.1, -0.05) is 65.4 Å². The molecule has 49 heavy (non-hydrogen) atoms. The molecule has 9 nitrogen and oxygen atoms in total. The van der Waals surface area contributed by atoms with Crippen LogP contribution in [0.3, 0.4) is 0 Å². The van der Waals surface area contributed by atoms with E-state index >= 15 is 4.79 Å². The number of fused-ring (bicyclic) bond motifs is 2. The van der Waals surface area contributed by atoms with Crippen LogP contribution in [0.2, 0.25) is 18.6 Å². The lowest BCUT2D eigenvalue weighted by molar-refractivity contribution is -0.150. The van der Waals surface area contributed by atoms with E-state index in [2.05, 4.69) is 48.1 Å². The van der Waals surface area contributed by atoms with Crippen molar-refractivity contribution in [3.05, 3.63) is 82.3 Å². The third kappa shape index (κ3) is 5.62. The van der Waals surface area contributed by atoms with Gasteiger partial charge in [-0.3, -0.25) is 14.4 Å². The van der Waals surface area contributed by atoms with Gasteiger partial charge in [0.1, 0.15) is 5.75 Å². The molecule has 4 aliphatic heterocycles. The Bertz CT molecular complexity index is 1770. The molecule has 7 rings (SSSR count). The molecular formula is C38H44BrN3O6Si. The van der Waals surface area contributed by atoms with Crippen LogP contribution < -0.4 is 19.7 Å². The molecule has 0 radical (unpaired) electrons. The number of rotatable bonds is 9. The van der Waals surface area contributed by atoms with Crippen LogP contribution in [0.25, 0.3) is 0 Å². The number of amides is 3. The van der Waals surface area contributed by atoms with Crippen LogP contribution in [0.5, 0.6) is 5.75 Å². The van der Waals surface area contributed by atoms with E-state index in [1.165, 1.54) is 5.19 Å². The number of carbonyl (C=O) groups excluding carboxylic acids is 3. The van der Waals surface area contributed by atoms with Crippen molar-refractivity contribution in [3.8, 4) is 5.75 Å². The predicted molar refractivity (Wildman–Crippen MR) is 195 cm³/mol. The molecule has 3 fully saturated rings. The van der Waals surface area contributed by atoms with E-state index in [9.17, 15) is 14.7 Å². The van der Waals surface area contributed by atoms with Gasteiger partial charge < -0.3 is 29.3 Å². The Kier molecular flexibility index (Phi) is 9.00.